The second-order valence-electron chi connectivity index (χ2n) is 5.98. The molecule has 1 saturated heterocycles. The lowest BCUT2D eigenvalue weighted by Crippen LogP contribution is -2.44. The van der Waals surface area contributed by atoms with Crippen LogP contribution in [-0.2, 0) is 11.3 Å². The second kappa shape index (κ2) is 10.9. The van der Waals surface area contributed by atoms with E-state index in [1.165, 1.54) is 12.3 Å². The molecule has 152 valence electrons. The highest BCUT2D eigenvalue weighted by Crippen LogP contribution is 2.17. The van der Waals surface area contributed by atoms with Crippen molar-refractivity contribution in [1.29, 1.82) is 0 Å². The lowest BCUT2D eigenvalue weighted by atomic mass is 10.3. The van der Waals surface area contributed by atoms with Crippen LogP contribution in [0.15, 0.2) is 23.3 Å². The summed E-state index contributed by atoms with van der Waals surface area (Å²) in [6.07, 6.45) is -2.91. The maximum Gasteiger partial charge on any atom is 0.422 e. The number of morpholine rings is 1. The molecular formula is C17H26F3N5O2. The fourth-order valence-corrected chi connectivity index (χ4v) is 2.41. The maximum absolute atomic E-state index is 12.1. The number of aromatic nitrogens is 1. The number of pyridine rings is 1. The zero-order valence-electron chi connectivity index (χ0n) is 15.4. The number of ether oxygens (including phenoxy) is 2. The van der Waals surface area contributed by atoms with Crippen LogP contribution in [-0.4, -0.2) is 74.6 Å². The van der Waals surface area contributed by atoms with Gasteiger partial charge in [0.1, 0.15) is 0 Å². The standard InChI is InChI=1S/C17H26F3N5O2/c1-2-21-16(22-5-6-25-7-9-26-10-8-25)24-12-14-3-4-15(23-11-14)27-13-17(18,19)20/h3-4,11H,2,5-10,12-13H2,1H3,(H2,21,22,24). The van der Waals surface area contributed by atoms with E-state index in [4.69, 9.17) is 4.74 Å². The highest BCUT2D eigenvalue weighted by atomic mass is 19.4. The van der Waals surface area contributed by atoms with Gasteiger partial charge in [-0.15, -0.1) is 0 Å². The number of rotatable bonds is 8. The molecule has 2 heterocycles. The van der Waals surface area contributed by atoms with Crippen molar-refractivity contribution in [3.63, 3.8) is 0 Å². The number of nitrogens with one attached hydrogen (secondary N) is 2. The molecule has 0 unspecified atom stereocenters. The first-order chi connectivity index (χ1) is 13.0. The summed E-state index contributed by atoms with van der Waals surface area (Å²) < 4.78 is 46.3. The van der Waals surface area contributed by atoms with E-state index < -0.39 is 12.8 Å². The van der Waals surface area contributed by atoms with Crippen molar-refractivity contribution in [3.05, 3.63) is 23.9 Å². The maximum atomic E-state index is 12.1. The van der Waals surface area contributed by atoms with Crippen LogP contribution in [0.25, 0.3) is 0 Å². The Balaban J connectivity index is 1.78. The monoisotopic (exact) mass is 389 g/mol. The first-order valence-electron chi connectivity index (χ1n) is 8.93. The SMILES string of the molecule is CCNC(=NCc1ccc(OCC(F)(F)F)nc1)NCCN1CCOCC1. The van der Waals surface area contributed by atoms with Gasteiger partial charge in [-0.2, -0.15) is 13.2 Å². The summed E-state index contributed by atoms with van der Waals surface area (Å²) in [6.45, 7) is 6.78. The van der Waals surface area contributed by atoms with Crippen LogP contribution in [0.4, 0.5) is 13.2 Å². The first kappa shape index (κ1) is 21.2. The summed E-state index contributed by atoms with van der Waals surface area (Å²) in [5.41, 5.74) is 0.778. The van der Waals surface area contributed by atoms with Gasteiger partial charge >= 0.3 is 6.18 Å². The smallest absolute Gasteiger partial charge is 0.422 e. The molecule has 1 aromatic rings. The van der Waals surface area contributed by atoms with Crippen molar-refractivity contribution >= 4 is 5.96 Å². The Bertz CT molecular complexity index is 575. The van der Waals surface area contributed by atoms with E-state index >= 15 is 0 Å². The van der Waals surface area contributed by atoms with Crippen molar-refractivity contribution in [2.45, 2.75) is 19.6 Å². The summed E-state index contributed by atoms with van der Waals surface area (Å²) in [5.74, 6) is 0.624. The Hall–Kier alpha value is -2.07. The van der Waals surface area contributed by atoms with Crippen molar-refractivity contribution in [3.8, 4) is 5.88 Å². The molecule has 1 aromatic heterocycles. The van der Waals surface area contributed by atoms with E-state index in [1.54, 1.807) is 6.07 Å². The summed E-state index contributed by atoms with van der Waals surface area (Å²) in [7, 11) is 0. The Morgan fingerprint density at radius 2 is 2.07 bits per heavy atom. The van der Waals surface area contributed by atoms with Crippen LogP contribution in [0.2, 0.25) is 0 Å². The molecule has 1 fully saturated rings. The molecule has 2 N–H and O–H groups in total. The number of halogens is 3. The molecule has 7 nitrogen and oxygen atoms in total. The number of alkyl halides is 3. The van der Waals surface area contributed by atoms with Crippen LogP contribution in [0, 0.1) is 0 Å². The number of hydrogen-bond donors (Lipinski definition) is 2. The van der Waals surface area contributed by atoms with Crippen LogP contribution < -0.4 is 15.4 Å². The highest BCUT2D eigenvalue weighted by Gasteiger charge is 2.28. The van der Waals surface area contributed by atoms with Crippen LogP contribution in [0.1, 0.15) is 12.5 Å². The summed E-state index contributed by atoms with van der Waals surface area (Å²) in [5, 5.41) is 6.44. The Morgan fingerprint density at radius 3 is 2.70 bits per heavy atom. The number of guanidine groups is 1. The van der Waals surface area contributed by atoms with E-state index in [2.05, 4.69) is 30.2 Å². The fourth-order valence-electron chi connectivity index (χ4n) is 2.41. The Labute approximate surface area is 157 Å². The van der Waals surface area contributed by atoms with Gasteiger partial charge in [0.15, 0.2) is 12.6 Å². The second-order valence-corrected chi connectivity index (χ2v) is 5.98. The fraction of sp³-hybridized carbons (Fsp3) is 0.647. The third-order valence-electron chi connectivity index (χ3n) is 3.77. The Kier molecular flexibility index (Phi) is 8.59. The van der Waals surface area contributed by atoms with Gasteiger partial charge < -0.3 is 20.1 Å². The van der Waals surface area contributed by atoms with Crippen LogP contribution >= 0.6 is 0 Å². The van der Waals surface area contributed by atoms with Gasteiger partial charge in [-0.1, -0.05) is 6.07 Å². The number of hydrogen-bond acceptors (Lipinski definition) is 5. The molecule has 1 aliphatic rings. The first-order valence-corrected chi connectivity index (χ1v) is 8.93. The van der Waals surface area contributed by atoms with E-state index in [9.17, 15) is 13.2 Å². The van der Waals surface area contributed by atoms with Gasteiger partial charge in [0.2, 0.25) is 5.88 Å². The molecule has 0 saturated carbocycles. The molecule has 1 aliphatic heterocycles. The van der Waals surface area contributed by atoms with Gasteiger partial charge in [0.05, 0.1) is 19.8 Å². The molecule has 0 aliphatic carbocycles. The number of nitrogens with zero attached hydrogens (tertiary/aromatic N) is 3. The molecule has 10 heteroatoms. The predicted molar refractivity (Wildman–Crippen MR) is 95.9 cm³/mol. The predicted octanol–water partition coefficient (Wildman–Crippen LogP) is 1.41. The van der Waals surface area contributed by atoms with Crippen molar-refractivity contribution in [1.82, 2.24) is 20.5 Å². The van der Waals surface area contributed by atoms with Crippen molar-refractivity contribution in [2.75, 3.05) is 52.5 Å². The average molecular weight is 389 g/mol. The molecule has 0 aromatic carbocycles. The van der Waals surface area contributed by atoms with E-state index in [1.807, 2.05) is 6.92 Å². The molecule has 0 radical (unpaired) electrons. The summed E-state index contributed by atoms with van der Waals surface area (Å²) in [4.78, 5) is 10.7. The summed E-state index contributed by atoms with van der Waals surface area (Å²) in [6, 6.07) is 3.06. The number of aliphatic imine (C=N–C) groups is 1. The minimum atomic E-state index is -4.38. The zero-order valence-corrected chi connectivity index (χ0v) is 15.4. The minimum absolute atomic E-state index is 0.0596. The topological polar surface area (TPSA) is 71.0 Å². The van der Waals surface area contributed by atoms with Crippen molar-refractivity contribution < 1.29 is 22.6 Å². The van der Waals surface area contributed by atoms with E-state index in [0.717, 1.165) is 51.5 Å². The summed E-state index contributed by atoms with van der Waals surface area (Å²) >= 11 is 0. The van der Waals surface area contributed by atoms with Gasteiger partial charge in [-0.05, 0) is 12.5 Å². The molecular weight excluding hydrogens is 363 g/mol. The lowest BCUT2D eigenvalue weighted by molar-refractivity contribution is -0.154. The third kappa shape index (κ3) is 8.91. The molecule has 0 atom stereocenters. The molecule has 2 rings (SSSR count). The average Bonchev–Trinajstić information content (AvgIpc) is 2.65. The molecule has 27 heavy (non-hydrogen) atoms. The van der Waals surface area contributed by atoms with Gasteiger partial charge in [0, 0.05) is 45.0 Å². The van der Waals surface area contributed by atoms with Gasteiger partial charge in [0.25, 0.3) is 0 Å². The highest BCUT2D eigenvalue weighted by molar-refractivity contribution is 5.79. The zero-order chi connectivity index (χ0) is 19.5. The van der Waals surface area contributed by atoms with Crippen molar-refractivity contribution in [2.24, 2.45) is 4.99 Å². The van der Waals surface area contributed by atoms with Crippen LogP contribution in [0.3, 0.4) is 0 Å². The molecule has 0 bridgehead atoms. The van der Waals surface area contributed by atoms with Gasteiger partial charge in [-0.25, -0.2) is 9.98 Å². The van der Waals surface area contributed by atoms with Gasteiger partial charge in [-0.3, -0.25) is 4.90 Å². The third-order valence-corrected chi connectivity index (χ3v) is 3.77. The van der Waals surface area contributed by atoms with E-state index in [0.29, 0.717) is 12.5 Å². The molecule has 0 spiro atoms. The molecule has 0 amide bonds. The van der Waals surface area contributed by atoms with Crippen LogP contribution in [0.5, 0.6) is 5.88 Å². The largest absolute Gasteiger partial charge is 0.468 e. The minimum Gasteiger partial charge on any atom is -0.468 e. The normalized spacial score (nSPS) is 16.2. The van der Waals surface area contributed by atoms with E-state index in [-0.39, 0.29) is 5.88 Å². The Morgan fingerprint density at radius 1 is 1.30 bits per heavy atom. The quantitative estimate of drug-likeness (QED) is 0.518. The lowest BCUT2D eigenvalue weighted by Gasteiger charge is -2.26.